The van der Waals surface area contributed by atoms with Crippen LogP contribution in [-0.2, 0) is 11.2 Å². The van der Waals surface area contributed by atoms with E-state index >= 15 is 0 Å². The third-order valence-corrected chi connectivity index (χ3v) is 5.31. The van der Waals surface area contributed by atoms with Crippen LogP contribution in [0.2, 0.25) is 0 Å². The predicted octanol–water partition coefficient (Wildman–Crippen LogP) is 3.97. The Labute approximate surface area is 198 Å². The third kappa shape index (κ3) is 7.35. The number of ether oxygens (including phenoxy) is 1. The molecular formula is C24H29N5O3S. The molecule has 2 N–H and O–H groups in total. The zero-order valence-electron chi connectivity index (χ0n) is 19.3. The minimum Gasteiger partial charge on any atom is -0.494 e. The first-order chi connectivity index (χ1) is 15.7. The molecule has 0 saturated heterocycles. The largest absolute Gasteiger partial charge is 0.494 e. The number of urea groups is 1. The molecule has 0 aliphatic carbocycles. The van der Waals surface area contributed by atoms with Crippen LogP contribution in [0, 0.1) is 0 Å². The third-order valence-electron chi connectivity index (χ3n) is 4.39. The second kappa shape index (κ2) is 11.0. The molecule has 0 unspecified atom stereocenters. The molecule has 0 saturated carbocycles. The predicted molar refractivity (Wildman–Crippen MR) is 129 cm³/mol. The van der Waals surface area contributed by atoms with Crippen molar-refractivity contribution < 1.29 is 14.3 Å². The van der Waals surface area contributed by atoms with Crippen LogP contribution >= 0.6 is 11.8 Å². The lowest BCUT2D eigenvalue weighted by atomic mass is 10.1. The molecule has 174 valence electrons. The number of carbonyl (C=O) groups is 2. The molecule has 1 aromatic heterocycles. The number of amides is 3. The van der Waals surface area contributed by atoms with Gasteiger partial charge >= 0.3 is 6.03 Å². The topological polar surface area (TPSA) is 98.1 Å². The van der Waals surface area contributed by atoms with Gasteiger partial charge in [-0.3, -0.25) is 14.7 Å². The van der Waals surface area contributed by atoms with Crippen molar-refractivity contribution in [2.24, 2.45) is 0 Å². The van der Waals surface area contributed by atoms with E-state index in [1.165, 1.54) is 11.8 Å². The number of carbonyl (C=O) groups excluding carboxylic acids is 2. The molecule has 0 radical (unpaired) electrons. The molecule has 33 heavy (non-hydrogen) atoms. The van der Waals surface area contributed by atoms with Crippen LogP contribution in [0.25, 0.3) is 5.69 Å². The zero-order valence-corrected chi connectivity index (χ0v) is 20.1. The van der Waals surface area contributed by atoms with Crippen molar-refractivity contribution in [3.05, 3.63) is 66.0 Å². The Bertz CT molecular complexity index is 1080. The van der Waals surface area contributed by atoms with Gasteiger partial charge in [-0.15, -0.1) is 10.2 Å². The highest BCUT2D eigenvalue weighted by Gasteiger charge is 2.19. The molecule has 1 heterocycles. The number of nitrogens with zero attached hydrogens (tertiary/aromatic N) is 3. The van der Waals surface area contributed by atoms with Gasteiger partial charge in [-0.05, 0) is 57.5 Å². The van der Waals surface area contributed by atoms with E-state index in [9.17, 15) is 9.59 Å². The first-order valence-electron chi connectivity index (χ1n) is 10.7. The van der Waals surface area contributed by atoms with E-state index < -0.39 is 17.5 Å². The normalized spacial score (nSPS) is 11.2. The quantitative estimate of drug-likeness (QED) is 0.487. The van der Waals surface area contributed by atoms with Crippen LogP contribution in [0.5, 0.6) is 5.75 Å². The average Bonchev–Trinajstić information content (AvgIpc) is 3.15. The standard InChI is InChI=1S/C24H29N5O3S/c1-5-32-19-13-11-18(12-14-19)29-20(15-17-9-7-6-8-10-17)27-28-23(29)33-16-21(30)25-22(31)26-24(2,3)4/h6-14H,5,15-16H2,1-4H3,(H2,25,26,30,31). The minimum atomic E-state index is -0.522. The number of hydrogen-bond donors (Lipinski definition) is 2. The van der Waals surface area contributed by atoms with Gasteiger partial charge in [0.2, 0.25) is 5.91 Å². The summed E-state index contributed by atoms with van der Waals surface area (Å²) < 4.78 is 7.47. The summed E-state index contributed by atoms with van der Waals surface area (Å²) >= 11 is 1.22. The second-order valence-electron chi connectivity index (χ2n) is 8.36. The minimum absolute atomic E-state index is 0.0259. The number of benzene rings is 2. The first kappa shape index (κ1) is 24.3. The SMILES string of the molecule is CCOc1ccc(-n2c(Cc3ccccc3)nnc2SCC(=O)NC(=O)NC(C)(C)C)cc1. The molecular weight excluding hydrogens is 438 g/mol. The Morgan fingerprint density at radius 3 is 2.36 bits per heavy atom. The van der Waals surface area contributed by atoms with Crippen molar-refractivity contribution in [2.45, 2.75) is 44.8 Å². The Morgan fingerprint density at radius 2 is 1.73 bits per heavy atom. The van der Waals surface area contributed by atoms with Gasteiger partial charge in [0.1, 0.15) is 11.6 Å². The van der Waals surface area contributed by atoms with E-state index in [0.29, 0.717) is 18.2 Å². The van der Waals surface area contributed by atoms with Crippen molar-refractivity contribution >= 4 is 23.7 Å². The summed E-state index contributed by atoms with van der Waals surface area (Å²) in [5.41, 5.74) is 1.53. The number of nitrogens with one attached hydrogen (secondary N) is 2. The van der Waals surface area contributed by atoms with Gasteiger partial charge in [0.05, 0.1) is 12.4 Å². The number of thioether (sulfide) groups is 1. The summed E-state index contributed by atoms with van der Waals surface area (Å²) in [5.74, 6) is 1.14. The molecule has 9 heteroatoms. The summed E-state index contributed by atoms with van der Waals surface area (Å²) in [7, 11) is 0. The van der Waals surface area contributed by atoms with Gasteiger partial charge in [-0.2, -0.15) is 0 Å². The molecule has 0 spiro atoms. The van der Waals surface area contributed by atoms with E-state index in [-0.39, 0.29) is 5.75 Å². The summed E-state index contributed by atoms with van der Waals surface area (Å²) in [4.78, 5) is 24.3. The highest BCUT2D eigenvalue weighted by molar-refractivity contribution is 7.99. The fraction of sp³-hybridized carbons (Fsp3) is 0.333. The molecule has 3 aromatic rings. The smallest absolute Gasteiger partial charge is 0.321 e. The Balaban J connectivity index is 1.79. The zero-order chi connectivity index (χ0) is 23.8. The van der Waals surface area contributed by atoms with E-state index in [4.69, 9.17) is 4.74 Å². The molecule has 0 fully saturated rings. The van der Waals surface area contributed by atoms with Crippen LogP contribution in [-0.4, -0.2) is 44.6 Å². The summed E-state index contributed by atoms with van der Waals surface area (Å²) in [6, 6.07) is 17.1. The fourth-order valence-corrected chi connectivity index (χ4v) is 3.84. The lowest BCUT2D eigenvalue weighted by Gasteiger charge is -2.20. The molecule has 3 rings (SSSR count). The van der Waals surface area contributed by atoms with Crippen LogP contribution in [0.1, 0.15) is 39.1 Å². The van der Waals surface area contributed by atoms with Gasteiger partial charge in [0.25, 0.3) is 0 Å². The molecule has 2 aromatic carbocycles. The van der Waals surface area contributed by atoms with Crippen LogP contribution in [0.15, 0.2) is 59.8 Å². The lowest BCUT2D eigenvalue weighted by molar-refractivity contribution is -0.117. The Morgan fingerprint density at radius 1 is 1.03 bits per heavy atom. The average molecular weight is 468 g/mol. The van der Waals surface area contributed by atoms with Crippen LogP contribution in [0.4, 0.5) is 4.79 Å². The van der Waals surface area contributed by atoms with E-state index in [1.54, 1.807) is 0 Å². The van der Waals surface area contributed by atoms with Crippen molar-refractivity contribution in [2.75, 3.05) is 12.4 Å². The highest BCUT2D eigenvalue weighted by atomic mass is 32.2. The molecule has 0 aliphatic rings. The van der Waals surface area contributed by atoms with Gasteiger partial charge in [-0.1, -0.05) is 42.1 Å². The lowest BCUT2D eigenvalue weighted by Crippen LogP contribution is -2.48. The maximum atomic E-state index is 12.3. The number of rotatable bonds is 8. The van der Waals surface area contributed by atoms with E-state index in [1.807, 2.05) is 86.9 Å². The van der Waals surface area contributed by atoms with Crippen LogP contribution in [0.3, 0.4) is 0 Å². The Hall–Kier alpha value is -3.33. The van der Waals surface area contributed by atoms with E-state index in [2.05, 4.69) is 20.8 Å². The molecule has 0 bridgehead atoms. The summed E-state index contributed by atoms with van der Waals surface area (Å²) in [6.07, 6.45) is 0.585. The number of hydrogen-bond acceptors (Lipinski definition) is 6. The Kier molecular flexibility index (Phi) is 8.11. The highest BCUT2D eigenvalue weighted by Crippen LogP contribution is 2.25. The molecule has 0 atom stereocenters. The summed E-state index contributed by atoms with van der Waals surface area (Å²) in [6.45, 7) is 8.07. The second-order valence-corrected chi connectivity index (χ2v) is 9.31. The van der Waals surface area contributed by atoms with Gasteiger partial charge in [0, 0.05) is 17.6 Å². The molecule has 3 amide bonds. The van der Waals surface area contributed by atoms with Crippen molar-refractivity contribution in [1.29, 1.82) is 0 Å². The summed E-state index contributed by atoms with van der Waals surface area (Å²) in [5, 5.41) is 14.3. The first-order valence-corrected chi connectivity index (χ1v) is 11.7. The maximum Gasteiger partial charge on any atom is 0.321 e. The fourth-order valence-electron chi connectivity index (χ4n) is 3.07. The van der Waals surface area contributed by atoms with Crippen LogP contribution < -0.4 is 15.4 Å². The maximum absolute atomic E-state index is 12.3. The van der Waals surface area contributed by atoms with Gasteiger partial charge in [-0.25, -0.2) is 4.79 Å². The van der Waals surface area contributed by atoms with Crippen molar-refractivity contribution in [1.82, 2.24) is 25.4 Å². The van der Waals surface area contributed by atoms with Crippen molar-refractivity contribution in [3.8, 4) is 11.4 Å². The van der Waals surface area contributed by atoms with Crippen molar-refractivity contribution in [3.63, 3.8) is 0 Å². The number of aromatic nitrogens is 3. The molecule has 0 aliphatic heterocycles. The number of imide groups is 1. The monoisotopic (exact) mass is 467 g/mol. The van der Waals surface area contributed by atoms with Gasteiger partial charge < -0.3 is 10.1 Å². The van der Waals surface area contributed by atoms with E-state index in [0.717, 1.165) is 22.8 Å². The van der Waals surface area contributed by atoms with Gasteiger partial charge in [0.15, 0.2) is 5.16 Å². The molecule has 8 nitrogen and oxygen atoms in total.